The molecule has 26 heavy (non-hydrogen) atoms. The first-order valence-electron chi connectivity index (χ1n) is 8.90. The average molecular weight is 353 g/mol. The third kappa shape index (κ3) is 4.20. The number of carbonyl (C=O) groups excluding carboxylic acids is 2. The number of hydrogen-bond donors (Lipinski definition) is 0. The molecule has 2 amide bonds. The fourth-order valence-electron chi connectivity index (χ4n) is 3.04. The van der Waals surface area contributed by atoms with E-state index >= 15 is 0 Å². The molecule has 136 valence electrons. The van der Waals surface area contributed by atoms with Crippen LogP contribution in [0.4, 0.5) is 0 Å². The second kappa shape index (κ2) is 8.47. The summed E-state index contributed by atoms with van der Waals surface area (Å²) < 4.78 is 5.42. The molecule has 1 aromatic heterocycles. The minimum absolute atomic E-state index is 0.00809. The Labute approximate surface area is 153 Å². The van der Waals surface area contributed by atoms with Crippen molar-refractivity contribution in [3.63, 3.8) is 0 Å². The lowest BCUT2D eigenvalue weighted by Gasteiger charge is -2.22. The van der Waals surface area contributed by atoms with Crippen molar-refractivity contribution >= 4 is 11.8 Å². The van der Waals surface area contributed by atoms with Gasteiger partial charge in [-0.3, -0.25) is 14.6 Å². The number of amides is 2. The SMILES string of the molecule is CCOc1ccc(C(=O)N2CCCN(C(=O)c3ccncc3)CC2)cc1. The van der Waals surface area contributed by atoms with Crippen molar-refractivity contribution in [2.75, 3.05) is 32.8 Å². The van der Waals surface area contributed by atoms with Crippen LogP contribution in [-0.2, 0) is 0 Å². The Morgan fingerprint density at radius 2 is 1.42 bits per heavy atom. The summed E-state index contributed by atoms with van der Waals surface area (Å²) in [5, 5.41) is 0. The maximum absolute atomic E-state index is 12.7. The van der Waals surface area contributed by atoms with E-state index in [2.05, 4.69) is 4.98 Å². The summed E-state index contributed by atoms with van der Waals surface area (Å²) in [6.07, 6.45) is 4.00. The highest BCUT2D eigenvalue weighted by Crippen LogP contribution is 2.15. The molecular weight excluding hydrogens is 330 g/mol. The molecule has 0 bridgehead atoms. The van der Waals surface area contributed by atoms with Crippen molar-refractivity contribution in [3.05, 3.63) is 59.9 Å². The molecule has 0 radical (unpaired) electrons. The van der Waals surface area contributed by atoms with Gasteiger partial charge in [-0.2, -0.15) is 0 Å². The van der Waals surface area contributed by atoms with Crippen LogP contribution in [0.1, 0.15) is 34.1 Å². The van der Waals surface area contributed by atoms with Crippen LogP contribution < -0.4 is 4.74 Å². The van der Waals surface area contributed by atoms with Crippen molar-refractivity contribution in [1.82, 2.24) is 14.8 Å². The van der Waals surface area contributed by atoms with E-state index in [1.165, 1.54) is 0 Å². The van der Waals surface area contributed by atoms with Crippen molar-refractivity contribution < 1.29 is 14.3 Å². The van der Waals surface area contributed by atoms with Crippen LogP contribution in [0.2, 0.25) is 0 Å². The number of pyridine rings is 1. The van der Waals surface area contributed by atoms with Gasteiger partial charge in [-0.15, -0.1) is 0 Å². The lowest BCUT2D eigenvalue weighted by atomic mass is 10.2. The van der Waals surface area contributed by atoms with E-state index in [0.29, 0.717) is 43.9 Å². The van der Waals surface area contributed by atoms with Gasteiger partial charge in [0.15, 0.2) is 0 Å². The highest BCUT2D eigenvalue weighted by molar-refractivity contribution is 5.95. The van der Waals surface area contributed by atoms with E-state index in [4.69, 9.17) is 4.74 Å². The summed E-state index contributed by atoms with van der Waals surface area (Å²) in [6, 6.07) is 10.6. The number of benzene rings is 1. The molecule has 1 aliphatic rings. The van der Waals surface area contributed by atoms with Crippen molar-refractivity contribution in [2.24, 2.45) is 0 Å². The summed E-state index contributed by atoms with van der Waals surface area (Å²) in [7, 11) is 0. The topological polar surface area (TPSA) is 62.7 Å². The van der Waals surface area contributed by atoms with Crippen molar-refractivity contribution in [2.45, 2.75) is 13.3 Å². The van der Waals surface area contributed by atoms with Gasteiger partial charge < -0.3 is 14.5 Å². The lowest BCUT2D eigenvalue weighted by molar-refractivity contribution is 0.0718. The van der Waals surface area contributed by atoms with Crippen LogP contribution in [-0.4, -0.2) is 59.4 Å². The minimum Gasteiger partial charge on any atom is -0.494 e. The molecule has 0 unspecified atom stereocenters. The van der Waals surface area contributed by atoms with Gasteiger partial charge in [0.25, 0.3) is 11.8 Å². The molecule has 1 aromatic carbocycles. The predicted octanol–water partition coefficient (Wildman–Crippen LogP) is 2.47. The predicted molar refractivity (Wildman–Crippen MR) is 98.3 cm³/mol. The molecular formula is C20H23N3O3. The van der Waals surface area contributed by atoms with Crippen LogP contribution in [0.3, 0.4) is 0 Å². The molecule has 2 heterocycles. The third-order valence-electron chi connectivity index (χ3n) is 4.41. The lowest BCUT2D eigenvalue weighted by Crippen LogP contribution is -2.37. The van der Waals surface area contributed by atoms with Gasteiger partial charge in [-0.1, -0.05) is 0 Å². The highest BCUT2D eigenvalue weighted by Gasteiger charge is 2.23. The number of aromatic nitrogens is 1. The molecule has 0 spiro atoms. The average Bonchev–Trinajstić information content (AvgIpc) is 2.95. The Bertz CT molecular complexity index is 747. The monoisotopic (exact) mass is 353 g/mol. The second-order valence-corrected chi connectivity index (χ2v) is 6.13. The van der Waals surface area contributed by atoms with Crippen LogP contribution in [0.25, 0.3) is 0 Å². The smallest absolute Gasteiger partial charge is 0.254 e. The minimum atomic E-state index is -0.0113. The summed E-state index contributed by atoms with van der Waals surface area (Å²) in [5.74, 6) is 0.739. The molecule has 0 saturated carbocycles. The van der Waals surface area contributed by atoms with Crippen LogP contribution in [0.5, 0.6) is 5.75 Å². The maximum Gasteiger partial charge on any atom is 0.254 e. The number of hydrogen-bond acceptors (Lipinski definition) is 4. The Morgan fingerprint density at radius 1 is 0.885 bits per heavy atom. The fraction of sp³-hybridized carbons (Fsp3) is 0.350. The summed E-state index contributed by atoms with van der Waals surface area (Å²) in [6.45, 7) is 4.88. The highest BCUT2D eigenvalue weighted by atomic mass is 16.5. The number of carbonyl (C=O) groups is 2. The van der Waals surface area contributed by atoms with Crippen LogP contribution in [0.15, 0.2) is 48.8 Å². The normalized spacial score (nSPS) is 14.7. The molecule has 0 N–H and O–H groups in total. The molecule has 1 saturated heterocycles. The van der Waals surface area contributed by atoms with E-state index in [-0.39, 0.29) is 11.8 Å². The zero-order valence-electron chi connectivity index (χ0n) is 14.9. The first-order chi connectivity index (χ1) is 12.7. The Hall–Kier alpha value is -2.89. The van der Waals surface area contributed by atoms with Crippen LogP contribution in [0, 0.1) is 0 Å². The molecule has 1 fully saturated rings. The molecule has 0 aliphatic carbocycles. The van der Waals surface area contributed by atoms with E-state index in [9.17, 15) is 9.59 Å². The molecule has 2 aromatic rings. The van der Waals surface area contributed by atoms with E-state index in [0.717, 1.165) is 12.2 Å². The quantitative estimate of drug-likeness (QED) is 0.847. The Morgan fingerprint density at radius 3 is 1.96 bits per heavy atom. The van der Waals surface area contributed by atoms with Crippen molar-refractivity contribution in [1.29, 1.82) is 0 Å². The molecule has 1 aliphatic heterocycles. The van der Waals surface area contributed by atoms with Gasteiger partial charge in [0, 0.05) is 49.7 Å². The standard InChI is InChI=1S/C20H23N3O3/c1-2-26-18-6-4-16(5-7-18)19(24)22-12-3-13-23(15-14-22)20(25)17-8-10-21-11-9-17/h4-11H,2-3,12-15H2,1H3. The van der Waals surface area contributed by atoms with Crippen LogP contribution >= 0.6 is 0 Å². The molecule has 0 atom stereocenters. The first kappa shape index (κ1) is 17.9. The van der Waals surface area contributed by atoms with E-state index in [1.54, 1.807) is 41.6 Å². The molecule has 6 heteroatoms. The fourth-order valence-corrected chi connectivity index (χ4v) is 3.04. The second-order valence-electron chi connectivity index (χ2n) is 6.13. The largest absolute Gasteiger partial charge is 0.494 e. The molecule has 3 rings (SSSR count). The number of ether oxygens (including phenoxy) is 1. The first-order valence-corrected chi connectivity index (χ1v) is 8.90. The maximum atomic E-state index is 12.7. The molecule has 6 nitrogen and oxygen atoms in total. The zero-order valence-corrected chi connectivity index (χ0v) is 14.9. The number of rotatable bonds is 4. The Kier molecular flexibility index (Phi) is 5.84. The summed E-state index contributed by atoms with van der Waals surface area (Å²) in [4.78, 5) is 32.9. The number of nitrogens with zero attached hydrogens (tertiary/aromatic N) is 3. The summed E-state index contributed by atoms with van der Waals surface area (Å²) in [5.41, 5.74) is 1.27. The van der Waals surface area contributed by atoms with Gasteiger partial charge >= 0.3 is 0 Å². The van der Waals surface area contributed by atoms with E-state index in [1.807, 2.05) is 24.0 Å². The van der Waals surface area contributed by atoms with Crippen molar-refractivity contribution in [3.8, 4) is 5.75 Å². The van der Waals surface area contributed by atoms with E-state index < -0.39 is 0 Å². The van der Waals surface area contributed by atoms with Gasteiger partial charge in [-0.05, 0) is 49.7 Å². The summed E-state index contributed by atoms with van der Waals surface area (Å²) >= 11 is 0. The van der Waals surface area contributed by atoms with Gasteiger partial charge in [0.2, 0.25) is 0 Å². The third-order valence-corrected chi connectivity index (χ3v) is 4.41. The van der Waals surface area contributed by atoms with Gasteiger partial charge in [0.1, 0.15) is 5.75 Å². The zero-order chi connectivity index (χ0) is 18.4. The van der Waals surface area contributed by atoms with Gasteiger partial charge in [0.05, 0.1) is 6.61 Å². The Balaban J connectivity index is 1.62. The van der Waals surface area contributed by atoms with Gasteiger partial charge in [-0.25, -0.2) is 0 Å².